The largest absolute Gasteiger partial charge is 0.355 e. The SMILES string of the molecule is CNCC(C)C(=O)NCCc1nc2ccccc2[nH]1. The number of rotatable bonds is 6. The maximum absolute atomic E-state index is 11.7. The highest BCUT2D eigenvalue weighted by Gasteiger charge is 2.11. The number of nitrogens with one attached hydrogen (secondary N) is 3. The Bertz CT molecular complexity index is 516. The van der Waals surface area contributed by atoms with Crippen LogP contribution in [0.25, 0.3) is 11.0 Å². The number of benzene rings is 1. The number of aromatic amines is 1. The minimum Gasteiger partial charge on any atom is -0.355 e. The van der Waals surface area contributed by atoms with Crippen LogP contribution in [0.3, 0.4) is 0 Å². The summed E-state index contributed by atoms with van der Waals surface area (Å²) < 4.78 is 0. The Balaban J connectivity index is 1.84. The van der Waals surface area contributed by atoms with E-state index < -0.39 is 0 Å². The normalized spacial score (nSPS) is 12.5. The third-order valence-corrected chi connectivity index (χ3v) is 3.06. The number of imidazole rings is 1. The van der Waals surface area contributed by atoms with Gasteiger partial charge in [-0.15, -0.1) is 0 Å². The van der Waals surface area contributed by atoms with Gasteiger partial charge in [-0.25, -0.2) is 4.98 Å². The van der Waals surface area contributed by atoms with Gasteiger partial charge < -0.3 is 15.6 Å². The smallest absolute Gasteiger partial charge is 0.224 e. The lowest BCUT2D eigenvalue weighted by molar-refractivity contribution is -0.124. The number of nitrogens with zero attached hydrogens (tertiary/aromatic N) is 1. The standard InChI is InChI=1S/C14H20N4O/c1-10(9-15-2)14(19)16-8-7-13-17-11-5-3-4-6-12(11)18-13/h3-6,10,15H,7-9H2,1-2H3,(H,16,19)(H,17,18). The van der Waals surface area contributed by atoms with Gasteiger partial charge in [-0.1, -0.05) is 19.1 Å². The Labute approximate surface area is 112 Å². The summed E-state index contributed by atoms with van der Waals surface area (Å²) in [6, 6.07) is 7.92. The topological polar surface area (TPSA) is 69.8 Å². The molecule has 1 aromatic carbocycles. The quantitative estimate of drug-likeness (QED) is 0.728. The van der Waals surface area contributed by atoms with Gasteiger partial charge in [0.25, 0.3) is 0 Å². The molecule has 3 N–H and O–H groups in total. The van der Waals surface area contributed by atoms with E-state index in [1.807, 2.05) is 38.2 Å². The number of fused-ring (bicyclic) bond motifs is 1. The average molecular weight is 260 g/mol. The number of carbonyl (C=O) groups is 1. The predicted octanol–water partition coefficient (Wildman–Crippen LogP) is 1.08. The lowest BCUT2D eigenvalue weighted by atomic mass is 10.1. The van der Waals surface area contributed by atoms with Gasteiger partial charge in [0.15, 0.2) is 0 Å². The third-order valence-electron chi connectivity index (χ3n) is 3.06. The van der Waals surface area contributed by atoms with Gasteiger partial charge in [0.2, 0.25) is 5.91 Å². The molecular weight excluding hydrogens is 240 g/mol. The second-order valence-electron chi connectivity index (χ2n) is 4.70. The first kappa shape index (κ1) is 13.5. The van der Waals surface area contributed by atoms with Crippen LogP contribution < -0.4 is 10.6 Å². The van der Waals surface area contributed by atoms with E-state index in [2.05, 4.69) is 20.6 Å². The second kappa shape index (κ2) is 6.33. The van der Waals surface area contributed by atoms with Gasteiger partial charge in [0, 0.05) is 25.4 Å². The molecule has 2 aromatic rings. The summed E-state index contributed by atoms with van der Waals surface area (Å²) in [6.45, 7) is 3.20. The molecule has 1 heterocycles. The molecule has 0 saturated heterocycles. The Morgan fingerprint density at radius 2 is 2.21 bits per heavy atom. The number of amides is 1. The maximum Gasteiger partial charge on any atom is 0.224 e. The van der Waals surface area contributed by atoms with Crippen LogP contribution in [0.1, 0.15) is 12.7 Å². The van der Waals surface area contributed by atoms with E-state index in [1.54, 1.807) is 0 Å². The zero-order valence-electron chi connectivity index (χ0n) is 11.4. The molecule has 0 aliphatic rings. The van der Waals surface area contributed by atoms with Crippen molar-refractivity contribution in [3.8, 4) is 0 Å². The second-order valence-corrected chi connectivity index (χ2v) is 4.70. The van der Waals surface area contributed by atoms with Crippen LogP contribution >= 0.6 is 0 Å². The Morgan fingerprint density at radius 1 is 1.42 bits per heavy atom. The minimum atomic E-state index is -0.0133. The summed E-state index contributed by atoms with van der Waals surface area (Å²) in [5.41, 5.74) is 2.00. The van der Waals surface area contributed by atoms with Crippen LogP contribution in [-0.4, -0.2) is 36.0 Å². The summed E-state index contributed by atoms with van der Waals surface area (Å²) in [5.74, 6) is 0.967. The molecule has 1 unspecified atom stereocenters. The molecule has 5 heteroatoms. The molecule has 0 saturated carbocycles. The molecule has 0 bridgehead atoms. The van der Waals surface area contributed by atoms with E-state index in [-0.39, 0.29) is 11.8 Å². The zero-order valence-corrected chi connectivity index (χ0v) is 11.4. The van der Waals surface area contributed by atoms with Crippen molar-refractivity contribution in [3.63, 3.8) is 0 Å². The molecule has 0 aliphatic heterocycles. The first-order valence-electron chi connectivity index (χ1n) is 6.56. The maximum atomic E-state index is 11.7. The molecule has 0 spiro atoms. The predicted molar refractivity (Wildman–Crippen MR) is 75.9 cm³/mol. The summed E-state index contributed by atoms with van der Waals surface area (Å²) in [6.07, 6.45) is 0.715. The van der Waals surface area contributed by atoms with Crippen molar-refractivity contribution in [2.24, 2.45) is 5.92 Å². The van der Waals surface area contributed by atoms with Crippen molar-refractivity contribution >= 4 is 16.9 Å². The van der Waals surface area contributed by atoms with Gasteiger partial charge >= 0.3 is 0 Å². The monoisotopic (exact) mass is 260 g/mol. The van der Waals surface area contributed by atoms with E-state index in [0.29, 0.717) is 19.5 Å². The number of carbonyl (C=O) groups excluding carboxylic acids is 1. The van der Waals surface area contributed by atoms with E-state index >= 15 is 0 Å². The first-order chi connectivity index (χ1) is 9.20. The first-order valence-corrected chi connectivity index (χ1v) is 6.56. The van der Waals surface area contributed by atoms with Crippen molar-refractivity contribution in [3.05, 3.63) is 30.1 Å². The molecule has 0 fully saturated rings. The highest BCUT2D eigenvalue weighted by Crippen LogP contribution is 2.10. The van der Waals surface area contributed by atoms with Crippen molar-refractivity contribution in [1.29, 1.82) is 0 Å². The fraction of sp³-hybridized carbons (Fsp3) is 0.429. The molecule has 19 heavy (non-hydrogen) atoms. The van der Waals surface area contributed by atoms with Crippen LogP contribution in [0, 0.1) is 5.92 Å². The number of aromatic nitrogens is 2. The Hall–Kier alpha value is -1.88. The van der Waals surface area contributed by atoms with Gasteiger partial charge in [0.1, 0.15) is 5.82 Å². The molecular formula is C14H20N4O. The number of hydrogen-bond acceptors (Lipinski definition) is 3. The van der Waals surface area contributed by atoms with E-state index in [0.717, 1.165) is 16.9 Å². The number of H-pyrrole nitrogens is 1. The fourth-order valence-corrected chi connectivity index (χ4v) is 2.00. The molecule has 102 valence electrons. The molecule has 1 atom stereocenters. The van der Waals surface area contributed by atoms with Crippen LogP contribution in [0.5, 0.6) is 0 Å². The van der Waals surface area contributed by atoms with Gasteiger partial charge in [-0.05, 0) is 19.2 Å². The Kier molecular flexibility index (Phi) is 4.52. The van der Waals surface area contributed by atoms with Crippen molar-refractivity contribution in [2.75, 3.05) is 20.1 Å². The van der Waals surface area contributed by atoms with Crippen LogP contribution in [-0.2, 0) is 11.2 Å². The molecule has 1 amide bonds. The van der Waals surface area contributed by atoms with Gasteiger partial charge in [-0.2, -0.15) is 0 Å². The van der Waals surface area contributed by atoms with Gasteiger partial charge in [0.05, 0.1) is 11.0 Å². The van der Waals surface area contributed by atoms with Crippen molar-refractivity contribution < 1.29 is 4.79 Å². The summed E-state index contributed by atoms with van der Waals surface area (Å²) >= 11 is 0. The third kappa shape index (κ3) is 3.54. The average Bonchev–Trinajstić information content (AvgIpc) is 2.81. The van der Waals surface area contributed by atoms with E-state index in [9.17, 15) is 4.79 Å². The lowest BCUT2D eigenvalue weighted by Gasteiger charge is -2.10. The van der Waals surface area contributed by atoms with Crippen molar-refractivity contribution in [2.45, 2.75) is 13.3 Å². The molecule has 5 nitrogen and oxygen atoms in total. The molecule has 1 aromatic heterocycles. The van der Waals surface area contributed by atoms with E-state index in [1.165, 1.54) is 0 Å². The van der Waals surface area contributed by atoms with Gasteiger partial charge in [-0.3, -0.25) is 4.79 Å². The van der Waals surface area contributed by atoms with E-state index in [4.69, 9.17) is 0 Å². The Morgan fingerprint density at radius 3 is 2.95 bits per heavy atom. The van der Waals surface area contributed by atoms with Crippen molar-refractivity contribution in [1.82, 2.24) is 20.6 Å². The van der Waals surface area contributed by atoms with Crippen LogP contribution in [0.4, 0.5) is 0 Å². The van der Waals surface area contributed by atoms with Crippen LogP contribution in [0.15, 0.2) is 24.3 Å². The lowest BCUT2D eigenvalue weighted by Crippen LogP contribution is -2.35. The minimum absolute atomic E-state index is 0.0133. The highest BCUT2D eigenvalue weighted by molar-refractivity contribution is 5.78. The fourth-order valence-electron chi connectivity index (χ4n) is 2.00. The number of para-hydroxylation sites is 2. The molecule has 0 aliphatic carbocycles. The van der Waals surface area contributed by atoms with Crippen LogP contribution in [0.2, 0.25) is 0 Å². The summed E-state index contributed by atoms with van der Waals surface area (Å²) in [7, 11) is 1.85. The summed E-state index contributed by atoms with van der Waals surface area (Å²) in [5, 5.41) is 5.92. The summed E-state index contributed by atoms with van der Waals surface area (Å²) in [4.78, 5) is 19.4. The number of hydrogen-bond donors (Lipinski definition) is 3. The highest BCUT2D eigenvalue weighted by atomic mass is 16.1. The zero-order chi connectivity index (χ0) is 13.7. The molecule has 0 radical (unpaired) electrons. The molecule has 2 rings (SSSR count).